The molecule has 9 nitrogen and oxygen atoms in total. The molecule has 0 atom stereocenters. The van der Waals surface area contributed by atoms with Crippen LogP contribution >= 0.6 is 0 Å². The molecule has 0 unspecified atom stereocenters. The van der Waals surface area contributed by atoms with Gasteiger partial charge in [-0.15, -0.1) is 0 Å². The van der Waals surface area contributed by atoms with Crippen molar-refractivity contribution >= 4 is 33.2 Å². The number of anilines is 2. The van der Waals surface area contributed by atoms with Gasteiger partial charge in [0.05, 0.1) is 41.8 Å². The van der Waals surface area contributed by atoms with Crippen molar-refractivity contribution in [3.8, 4) is 5.75 Å². The van der Waals surface area contributed by atoms with Crippen molar-refractivity contribution < 1.29 is 27.2 Å². The number of furan rings is 1. The summed E-state index contributed by atoms with van der Waals surface area (Å²) in [5.41, 5.74) is 0.754. The summed E-state index contributed by atoms with van der Waals surface area (Å²) in [6.45, 7) is -0.347. The van der Waals surface area contributed by atoms with Crippen LogP contribution in [0.15, 0.2) is 107 Å². The summed E-state index contributed by atoms with van der Waals surface area (Å²) in [5, 5.41) is 5.41. The molecule has 0 aliphatic heterocycles. The summed E-state index contributed by atoms with van der Waals surface area (Å²) in [4.78, 5) is 25.9. The highest BCUT2D eigenvalue weighted by atomic mass is 32.2. The number of amides is 2. The summed E-state index contributed by atoms with van der Waals surface area (Å²) in [6, 6.07) is 24.1. The van der Waals surface area contributed by atoms with Gasteiger partial charge >= 0.3 is 0 Å². The lowest BCUT2D eigenvalue weighted by Crippen LogP contribution is -2.38. The third kappa shape index (κ3) is 6.17. The Morgan fingerprint density at radius 2 is 1.59 bits per heavy atom. The minimum Gasteiger partial charge on any atom is -0.497 e. The Balaban J connectivity index is 1.56. The molecule has 0 saturated heterocycles. The first-order valence-corrected chi connectivity index (χ1v) is 12.7. The first-order valence-electron chi connectivity index (χ1n) is 11.3. The summed E-state index contributed by atoms with van der Waals surface area (Å²) in [6.07, 6.45) is 1.51. The number of nitrogens with one attached hydrogen (secondary N) is 2. The predicted molar refractivity (Wildman–Crippen MR) is 139 cm³/mol. The van der Waals surface area contributed by atoms with Crippen molar-refractivity contribution in [3.05, 3.63) is 109 Å². The van der Waals surface area contributed by atoms with Gasteiger partial charge in [-0.3, -0.25) is 13.9 Å². The average Bonchev–Trinajstić information content (AvgIpc) is 3.45. The van der Waals surface area contributed by atoms with Gasteiger partial charge in [-0.25, -0.2) is 8.42 Å². The molecule has 0 aliphatic rings. The zero-order chi connectivity index (χ0) is 26.3. The number of benzene rings is 3. The van der Waals surface area contributed by atoms with Crippen LogP contribution in [0.3, 0.4) is 0 Å². The van der Waals surface area contributed by atoms with Gasteiger partial charge in [-0.1, -0.05) is 30.3 Å². The van der Waals surface area contributed by atoms with E-state index < -0.39 is 28.4 Å². The standard InChI is InChI=1S/C27H25N3O6S/c1-35-21-15-13-20(14-16-21)30(37(33,34)23-9-3-2-4-10-23)19-26(31)29-25-12-6-5-11-24(25)27(32)28-18-22-8-7-17-36-22/h2-17H,18-19H2,1H3,(H,28,32)(H,29,31). The number of carbonyl (C=O) groups is 2. The Bertz CT molecular complexity index is 1450. The van der Waals surface area contributed by atoms with E-state index in [1.807, 2.05) is 0 Å². The fourth-order valence-electron chi connectivity index (χ4n) is 3.57. The van der Waals surface area contributed by atoms with Crippen LogP contribution in [0, 0.1) is 0 Å². The van der Waals surface area contributed by atoms with E-state index in [1.165, 1.54) is 25.5 Å². The van der Waals surface area contributed by atoms with E-state index in [2.05, 4.69) is 10.6 Å². The normalized spacial score (nSPS) is 10.9. The number of sulfonamides is 1. The molecule has 2 N–H and O–H groups in total. The minimum absolute atomic E-state index is 0.0383. The smallest absolute Gasteiger partial charge is 0.264 e. The van der Waals surface area contributed by atoms with Crippen LogP contribution in [-0.4, -0.2) is 33.9 Å². The Labute approximate surface area is 214 Å². The van der Waals surface area contributed by atoms with E-state index in [0.717, 1.165) is 4.31 Å². The fourth-order valence-corrected chi connectivity index (χ4v) is 5.01. The van der Waals surface area contributed by atoms with Crippen LogP contribution < -0.4 is 19.7 Å². The highest BCUT2D eigenvalue weighted by Gasteiger charge is 2.27. The maximum absolute atomic E-state index is 13.5. The van der Waals surface area contributed by atoms with Gasteiger partial charge in [0, 0.05) is 0 Å². The molecule has 10 heteroatoms. The lowest BCUT2D eigenvalue weighted by molar-refractivity contribution is -0.114. The summed E-state index contributed by atoms with van der Waals surface area (Å²) in [5.74, 6) is 0.0775. The SMILES string of the molecule is COc1ccc(N(CC(=O)Nc2ccccc2C(=O)NCc2ccco2)S(=O)(=O)c2ccccc2)cc1. The topological polar surface area (TPSA) is 118 Å². The molecule has 3 aromatic carbocycles. The lowest BCUT2D eigenvalue weighted by atomic mass is 10.1. The van der Waals surface area contributed by atoms with E-state index in [1.54, 1.807) is 78.9 Å². The first-order chi connectivity index (χ1) is 17.9. The molecule has 2 amide bonds. The van der Waals surface area contributed by atoms with Crippen LogP contribution in [0.2, 0.25) is 0 Å². The van der Waals surface area contributed by atoms with Gasteiger partial charge in [0.25, 0.3) is 15.9 Å². The van der Waals surface area contributed by atoms with Crippen LogP contribution in [0.5, 0.6) is 5.75 Å². The number of hydrogen-bond acceptors (Lipinski definition) is 6. The monoisotopic (exact) mass is 519 g/mol. The lowest BCUT2D eigenvalue weighted by Gasteiger charge is -2.24. The summed E-state index contributed by atoms with van der Waals surface area (Å²) in [7, 11) is -2.58. The van der Waals surface area contributed by atoms with Crippen LogP contribution in [0.4, 0.5) is 11.4 Å². The molecule has 1 aromatic heterocycles. The van der Waals surface area contributed by atoms with E-state index in [9.17, 15) is 18.0 Å². The Kier molecular flexibility index (Phi) is 7.89. The van der Waals surface area contributed by atoms with Gasteiger partial charge in [-0.05, 0) is 60.7 Å². The summed E-state index contributed by atoms with van der Waals surface area (Å²) < 4.78 is 38.4. The molecule has 0 radical (unpaired) electrons. The van der Waals surface area contributed by atoms with Crippen LogP contribution in [-0.2, 0) is 21.4 Å². The van der Waals surface area contributed by atoms with Crippen molar-refractivity contribution in [1.82, 2.24) is 5.32 Å². The van der Waals surface area contributed by atoms with Gasteiger partial charge in [0.15, 0.2) is 0 Å². The molecule has 37 heavy (non-hydrogen) atoms. The second-order valence-electron chi connectivity index (χ2n) is 7.88. The zero-order valence-electron chi connectivity index (χ0n) is 20.0. The number of rotatable bonds is 10. The number of methoxy groups -OCH3 is 1. The Morgan fingerprint density at radius 1 is 0.892 bits per heavy atom. The molecule has 0 bridgehead atoms. The van der Waals surface area contributed by atoms with E-state index >= 15 is 0 Å². The van der Waals surface area contributed by atoms with Crippen molar-refractivity contribution in [2.24, 2.45) is 0 Å². The van der Waals surface area contributed by atoms with Crippen molar-refractivity contribution in [2.45, 2.75) is 11.4 Å². The molecule has 4 rings (SSSR count). The van der Waals surface area contributed by atoms with Gasteiger partial charge in [-0.2, -0.15) is 0 Å². The van der Waals surface area contributed by atoms with Crippen LogP contribution in [0.1, 0.15) is 16.1 Å². The molecule has 190 valence electrons. The predicted octanol–water partition coefficient (Wildman–Crippen LogP) is 4.05. The molecule has 0 spiro atoms. The highest BCUT2D eigenvalue weighted by Crippen LogP contribution is 2.26. The number of carbonyl (C=O) groups excluding carboxylic acids is 2. The zero-order valence-corrected chi connectivity index (χ0v) is 20.8. The summed E-state index contributed by atoms with van der Waals surface area (Å²) >= 11 is 0. The molecule has 4 aromatic rings. The van der Waals surface area contributed by atoms with Gasteiger partial charge < -0.3 is 19.8 Å². The Morgan fingerprint density at radius 3 is 2.27 bits per heavy atom. The second-order valence-corrected chi connectivity index (χ2v) is 9.74. The number of ether oxygens (including phenoxy) is 1. The largest absolute Gasteiger partial charge is 0.497 e. The van der Waals surface area contributed by atoms with Crippen LogP contribution in [0.25, 0.3) is 0 Å². The fraction of sp³-hybridized carbons (Fsp3) is 0.111. The molecule has 0 saturated carbocycles. The van der Waals surface area contributed by atoms with Gasteiger partial charge in [0.1, 0.15) is 18.1 Å². The molecular weight excluding hydrogens is 494 g/mol. The maximum atomic E-state index is 13.5. The van der Waals surface area contributed by atoms with E-state index in [0.29, 0.717) is 11.5 Å². The second kappa shape index (κ2) is 11.4. The Hall–Kier alpha value is -4.57. The molecule has 0 fully saturated rings. The van der Waals surface area contributed by atoms with Crippen molar-refractivity contribution in [3.63, 3.8) is 0 Å². The number of hydrogen-bond donors (Lipinski definition) is 2. The number of nitrogens with zero attached hydrogens (tertiary/aromatic N) is 1. The van der Waals surface area contributed by atoms with Crippen molar-refractivity contribution in [1.29, 1.82) is 0 Å². The molecule has 0 aliphatic carbocycles. The molecule has 1 heterocycles. The number of para-hydroxylation sites is 1. The first kappa shape index (κ1) is 25.5. The van der Waals surface area contributed by atoms with E-state index in [4.69, 9.17) is 9.15 Å². The van der Waals surface area contributed by atoms with Gasteiger partial charge in [0.2, 0.25) is 5.91 Å². The third-order valence-electron chi connectivity index (χ3n) is 5.43. The van der Waals surface area contributed by atoms with E-state index in [-0.39, 0.29) is 28.4 Å². The average molecular weight is 520 g/mol. The minimum atomic E-state index is -4.08. The highest BCUT2D eigenvalue weighted by molar-refractivity contribution is 7.92. The third-order valence-corrected chi connectivity index (χ3v) is 7.22. The molecular formula is C27H25N3O6S. The quantitative estimate of drug-likeness (QED) is 0.326. The maximum Gasteiger partial charge on any atom is 0.264 e. The van der Waals surface area contributed by atoms with Crippen molar-refractivity contribution in [2.75, 3.05) is 23.3 Å².